The molecule has 1 rings (SSSR count). The second-order valence-corrected chi connectivity index (χ2v) is 17.4. The van der Waals surface area contributed by atoms with E-state index in [2.05, 4.69) is 51.4 Å². The standard InChI is InChI=1S/C12H25NSi2/c1-14(2,3)11-7-10(13)8-12(9-11)15(4,5)6/h7-8,11H,9,13H2,1-6H3. The van der Waals surface area contributed by atoms with Crippen LogP contribution in [0.25, 0.3) is 0 Å². The van der Waals surface area contributed by atoms with Crippen molar-refractivity contribution in [2.24, 2.45) is 5.73 Å². The Balaban J connectivity index is 2.96. The summed E-state index contributed by atoms with van der Waals surface area (Å²) in [7, 11) is -2.25. The minimum Gasteiger partial charge on any atom is -0.399 e. The molecule has 0 fully saturated rings. The van der Waals surface area contributed by atoms with Crippen LogP contribution in [-0.2, 0) is 0 Å². The lowest BCUT2D eigenvalue weighted by molar-refractivity contribution is 0.934. The van der Waals surface area contributed by atoms with Gasteiger partial charge in [0.05, 0.1) is 16.1 Å². The molecule has 1 aliphatic rings. The Hall–Kier alpha value is -0.286. The van der Waals surface area contributed by atoms with Crippen LogP contribution in [-0.4, -0.2) is 16.1 Å². The quantitative estimate of drug-likeness (QED) is 0.730. The molecule has 1 atom stereocenters. The molecular formula is C12H25NSi2. The molecule has 0 aromatic heterocycles. The molecule has 0 aliphatic heterocycles. The SMILES string of the molecule is C[Si](C)(C)C1=CC(N)=CC([Si](C)(C)C)C1. The van der Waals surface area contributed by atoms with Crippen LogP contribution in [0.4, 0.5) is 0 Å². The number of hydrogen-bond acceptors (Lipinski definition) is 1. The first kappa shape index (κ1) is 12.8. The summed E-state index contributed by atoms with van der Waals surface area (Å²) in [5, 5.41) is 1.65. The van der Waals surface area contributed by atoms with E-state index >= 15 is 0 Å². The van der Waals surface area contributed by atoms with Crippen LogP contribution in [0.3, 0.4) is 0 Å². The molecule has 0 spiro atoms. The van der Waals surface area contributed by atoms with Gasteiger partial charge in [0, 0.05) is 5.70 Å². The fraction of sp³-hybridized carbons (Fsp3) is 0.667. The minimum absolute atomic E-state index is 0.740. The molecule has 1 unspecified atom stereocenters. The summed E-state index contributed by atoms with van der Waals surface area (Å²) in [6, 6.07) is 0. The van der Waals surface area contributed by atoms with Crippen LogP contribution < -0.4 is 5.73 Å². The summed E-state index contributed by atoms with van der Waals surface area (Å²) in [5.41, 5.74) is 7.78. The van der Waals surface area contributed by atoms with E-state index < -0.39 is 16.1 Å². The number of rotatable bonds is 2. The van der Waals surface area contributed by atoms with E-state index in [4.69, 9.17) is 5.73 Å². The zero-order valence-corrected chi connectivity index (χ0v) is 13.0. The normalized spacial score (nSPS) is 23.5. The van der Waals surface area contributed by atoms with Crippen molar-refractivity contribution in [3.63, 3.8) is 0 Å². The van der Waals surface area contributed by atoms with E-state index in [0.717, 1.165) is 11.2 Å². The Morgan fingerprint density at radius 1 is 1.13 bits per heavy atom. The van der Waals surface area contributed by atoms with Crippen LogP contribution >= 0.6 is 0 Å². The predicted molar refractivity (Wildman–Crippen MR) is 75.4 cm³/mol. The largest absolute Gasteiger partial charge is 0.399 e. The molecule has 1 nitrogen and oxygen atoms in total. The molecule has 0 saturated heterocycles. The molecule has 0 aromatic rings. The van der Waals surface area contributed by atoms with E-state index in [1.165, 1.54) is 6.42 Å². The van der Waals surface area contributed by atoms with Gasteiger partial charge in [-0.05, 0) is 18.0 Å². The van der Waals surface area contributed by atoms with Crippen molar-refractivity contribution in [2.75, 3.05) is 0 Å². The molecule has 0 bridgehead atoms. The van der Waals surface area contributed by atoms with Crippen molar-refractivity contribution in [2.45, 2.75) is 51.2 Å². The Morgan fingerprint density at radius 3 is 2.07 bits per heavy atom. The average Bonchev–Trinajstić information content (AvgIpc) is 1.99. The minimum atomic E-state index is -1.16. The highest BCUT2D eigenvalue weighted by Crippen LogP contribution is 2.37. The molecule has 0 amide bonds. The maximum Gasteiger partial charge on any atom is 0.0725 e. The van der Waals surface area contributed by atoms with Crippen molar-refractivity contribution in [3.05, 3.63) is 23.0 Å². The van der Waals surface area contributed by atoms with E-state index in [1.807, 2.05) is 0 Å². The summed E-state index contributed by atoms with van der Waals surface area (Å²) in [6.45, 7) is 14.6. The van der Waals surface area contributed by atoms with Crippen LogP contribution in [0.1, 0.15) is 6.42 Å². The van der Waals surface area contributed by atoms with Gasteiger partial charge >= 0.3 is 0 Å². The molecular weight excluding hydrogens is 214 g/mol. The van der Waals surface area contributed by atoms with E-state index in [9.17, 15) is 0 Å². The van der Waals surface area contributed by atoms with Gasteiger partial charge < -0.3 is 5.73 Å². The molecule has 0 heterocycles. The second-order valence-electron chi connectivity index (χ2n) is 6.76. The average molecular weight is 240 g/mol. The summed E-state index contributed by atoms with van der Waals surface area (Å²) in [5.74, 6) is 0. The summed E-state index contributed by atoms with van der Waals surface area (Å²) >= 11 is 0. The highest BCUT2D eigenvalue weighted by molar-refractivity contribution is 6.84. The molecule has 15 heavy (non-hydrogen) atoms. The predicted octanol–water partition coefficient (Wildman–Crippen LogP) is 3.74. The molecule has 2 N–H and O–H groups in total. The summed E-state index contributed by atoms with van der Waals surface area (Å²) in [6.07, 6.45) is 5.81. The van der Waals surface area contributed by atoms with E-state index in [1.54, 1.807) is 5.20 Å². The lowest BCUT2D eigenvalue weighted by atomic mass is 10.1. The Kier molecular flexibility index (Phi) is 3.36. The third-order valence-corrected chi connectivity index (χ3v) is 8.12. The monoisotopic (exact) mass is 239 g/mol. The van der Waals surface area contributed by atoms with Gasteiger partial charge in [0.15, 0.2) is 0 Å². The van der Waals surface area contributed by atoms with Gasteiger partial charge in [-0.3, -0.25) is 0 Å². The first-order valence-electron chi connectivity index (χ1n) is 5.79. The van der Waals surface area contributed by atoms with Gasteiger partial charge in [-0.15, -0.1) is 0 Å². The lowest BCUT2D eigenvalue weighted by Crippen LogP contribution is -2.34. The van der Waals surface area contributed by atoms with Crippen LogP contribution in [0.5, 0.6) is 0 Å². The van der Waals surface area contributed by atoms with Crippen molar-refractivity contribution in [3.8, 4) is 0 Å². The highest BCUT2D eigenvalue weighted by Gasteiger charge is 2.31. The van der Waals surface area contributed by atoms with E-state index in [0.29, 0.717) is 0 Å². The molecule has 0 radical (unpaired) electrons. The van der Waals surface area contributed by atoms with Gasteiger partial charge in [0.1, 0.15) is 0 Å². The van der Waals surface area contributed by atoms with Crippen LogP contribution in [0.2, 0.25) is 44.8 Å². The van der Waals surface area contributed by atoms with Gasteiger partial charge in [-0.25, -0.2) is 0 Å². The molecule has 86 valence electrons. The maximum atomic E-state index is 6.04. The smallest absolute Gasteiger partial charge is 0.0725 e. The zero-order chi connectivity index (χ0) is 11.9. The summed E-state index contributed by atoms with van der Waals surface area (Å²) in [4.78, 5) is 0. The number of allylic oxidation sites excluding steroid dienone is 3. The van der Waals surface area contributed by atoms with Crippen LogP contribution in [0, 0.1) is 0 Å². The van der Waals surface area contributed by atoms with Gasteiger partial charge in [-0.1, -0.05) is 50.6 Å². The Labute approximate surface area is 96.5 Å². The van der Waals surface area contributed by atoms with Gasteiger partial charge in [-0.2, -0.15) is 0 Å². The number of nitrogens with two attached hydrogens (primary N) is 1. The second kappa shape index (κ2) is 3.94. The Morgan fingerprint density at radius 2 is 1.67 bits per heavy atom. The fourth-order valence-corrected chi connectivity index (χ4v) is 5.08. The van der Waals surface area contributed by atoms with Crippen molar-refractivity contribution in [1.29, 1.82) is 0 Å². The van der Waals surface area contributed by atoms with Crippen molar-refractivity contribution < 1.29 is 0 Å². The van der Waals surface area contributed by atoms with E-state index in [-0.39, 0.29) is 0 Å². The number of hydrogen-bond donors (Lipinski definition) is 1. The van der Waals surface area contributed by atoms with Crippen LogP contribution in [0.15, 0.2) is 23.0 Å². The van der Waals surface area contributed by atoms with Crippen molar-refractivity contribution >= 4 is 16.1 Å². The highest BCUT2D eigenvalue weighted by atomic mass is 28.3. The molecule has 1 aliphatic carbocycles. The lowest BCUT2D eigenvalue weighted by Gasteiger charge is -2.34. The van der Waals surface area contributed by atoms with Gasteiger partial charge in [0.2, 0.25) is 0 Å². The third-order valence-electron chi connectivity index (χ3n) is 3.25. The Bertz CT molecular complexity index is 303. The van der Waals surface area contributed by atoms with Crippen molar-refractivity contribution in [1.82, 2.24) is 0 Å². The zero-order valence-electron chi connectivity index (χ0n) is 11.0. The first-order chi connectivity index (χ1) is 6.60. The van der Waals surface area contributed by atoms with Gasteiger partial charge in [0.25, 0.3) is 0 Å². The molecule has 0 aromatic carbocycles. The molecule has 3 heteroatoms. The molecule has 0 saturated carbocycles. The third kappa shape index (κ3) is 3.35. The first-order valence-corrected chi connectivity index (χ1v) is 12.9. The summed E-state index contributed by atoms with van der Waals surface area (Å²) < 4.78 is 0. The fourth-order valence-electron chi connectivity index (χ4n) is 1.92. The topological polar surface area (TPSA) is 26.0 Å². The maximum absolute atomic E-state index is 6.04.